The highest BCUT2D eigenvalue weighted by Crippen LogP contribution is 2.19. The fourth-order valence-electron chi connectivity index (χ4n) is 2.62. The molecule has 2 rings (SSSR count). The topological polar surface area (TPSA) is 42.0 Å². The van der Waals surface area contributed by atoms with Crippen molar-refractivity contribution in [3.05, 3.63) is 24.3 Å². The summed E-state index contributed by atoms with van der Waals surface area (Å²) in [5.74, 6) is 1.51. The van der Waals surface area contributed by atoms with E-state index in [2.05, 4.69) is 18.7 Å². The summed E-state index contributed by atoms with van der Waals surface area (Å²) < 4.78 is 10.9. The summed E-state index contributed by atoms with van der Waals surface area (Å²) in [7, 11) is 1.62. The van der Waals surface area contributed by atoms with Crippen molar-refractivity contribution in [2.24, 2.45) is 0 Å². The van der Waals surface area contributed by atoms with Crippen LogP contribution in [-0.2, 0) is 4.79 Å². The smallest absolute Gasteiger partial charge is 0.263 e. The normalized spacial score (nSPS) is 17.4. The molecular formula is C17H26N2O3. The first-order valence-electron chi connectivity index (χ1n) is 7.85. The lowest BCUT2D eigenvalue weighted by Crippen LogP contribution is -2.53. The lowest BCUT2D eigenvalue weighted by atomic mass is 10.2. The Bertz CT molecular complexity index is 479. The van der Waals surface area contributed by atoms with Crippen LogP contribution in [0.25, 0.3) is 0 Å². The molecule has 0 spiro atoms. The molecule has 1 aromatic rings. The molecule has 5 nitrogen and oxygen atoms in total. The van der Waals surface area contributed by atoms with Crippen molar-refractivity contribution >= 4 is 5.91 Å². The number of ether oxygens (including phenoxy) is 2. The van der Waals surface area contributed by atoms with Gasteiger partial charge in [-0.25, -0.2) is 0 Å². The summed E-state index contributed by atoms with van der Waals surface area (Å²) in [5.41, 5.74) is 0. The van der Waals surface area contributed by atoms with Gasteiger partial charge in [0, 0.05) is 32.2 Å². The Morgan fingerprint density at radius 1 is 1.00 bits per heavy atom. The number of carbonyl (C=O) groups excluding carboxylic acids is 1. The molecule has 0 aromatic heterocycles. The second-order valence-electron chi connectivity index (χ2n) is 5.89. The molecule has 22 heavy (non-hydrogen) atoms. The quantitative estimate of drug-likeness (QED) is 0.834. The van der Waals surface area contributed by atoms with E-state index in [4.69, 9.17) is 9.47 Å². The number of methoxy groups -OCH3 is 1. The monoisotopic (exact) mass is 306 g/mol. The van der Waals surface area contributed by atoms with Crippen molar-refractivity contribution in [2.75, 3.05) is 33.3 Å². The molecule has 1 aliphatic heterocycles. The maximum absolute atomic E-state index is 12.5. The number of nitrogens with zero attached hydrogens (tertiary/aromatic N) is 2. The van der Waals surface area contributed by atoms with Crippen molar-refractivity contribution in [1.82, 2.24) is 9.80 Å². The number of piperazine rings is 1. The van der Waals surface area contributed by atoms with E-state index in [1.165, 1.54) is 0 Å². The van der Waals surface area contributed by atoms with Crippen LogP contribution in [0.1, 0.15) is 20.8 Å². The van der Waals surface area contributed by atoms with E-state index in [-0.39, 0.29) is 5.91 Å². The molecule has 0 radical (unpaired) electrons. The Kier molecular flexibility index (Phi) is 5.66. The molecule has 1 saturated heterocycles. The van der Waals surface area contributed by atoms with Gasteiger partial charge in [-0.3, -0.25) is 9.69 Å². The molecule has 1 heterocycles. The zero-order valence-corrected chi connectivity index (χ0v) is 13.9. The van der Waals surface area contributed by atoms with Gasteiger partial charge in [0.25, 0.3) is 5.91 Å². The fourth-order valence-corrected chi connectivity index (χ4v) is 2.62. The molecule has 5 heteroatoms. The van der Waals surface area contributed by atoms with Crippen LogP contribution in [0.2, 0.25) is 0 Å². The number of rotatable bonds is 5. The average Bonchev–Trinajstić information content (AvgIpc) is 2.55. The third kappa shape index (κ3) is 4.13. The van der Waals surface area contributed by atoms with Crippen molar-refractivity contribution < 1.29 is 14.3 Å². The summed E-state index contributed by atoms with van der Waals surface area (Å²) in [6.07, 6.45) is -0.473. The molecule has 0 bridgehead atoms. The molecule has 122 valence electrons. The zero-order chi connectivity index (χ0) is 16.1. The molecule has 1 aliphatic rings. The van der Waals surface area contributed by atoms with E-state index in [0.29, 0.717) is 11.8 Å². The molecular weight excluding hydrogens is 280 g/mol. The zero-order valence-electron chi connectivity index (χ0n) is 13.9. The number of benzene rings is 1. The van der Waals surface area contributed by atoms with E-state index in [9.17, 15) is 4.79 Å². The minimum absolute atomic E-state index is 0.0548. The van der Waals surface area contributed by atoms with Crippen LogP contribution in [0.5, 0.6) is 11.5 Å². The van der Waals surface area contributed by atoms with Gasteiger partial charge in [-0.05, 0) is 45.0 Å². The first-order chi connectivity index (χ1) is 10.5. The van der Waals surface area contributed by atoms with E-state index in [0.717, 1.165) is 31.9 Å². The molecule has 0 aliphatic carbocycles. The van der Waals surface area contributed by atoms with Crippen LogP contribution in [0, 0.1) is 0 Å². The van der Waals surface area contributed by atoms with Gasteiger partial charge in [0.1, 0.15) is 11.5 Å². The molecule has 1 amide bonds. The van der Waals surface area contributed by atoms with Crippen molar-refractivity contribution in [3.63, 3.8) is 0 Å². The maximum Gasteiger partial charge on any atom is 0.263 e. The minimum atomic E-state index is -0.473. The second kappa shape index (κ2) is 7.49. The van der Waals surface area contributed by atoms with Crippen LogP contribution in [0.15, 0.2) is 24.3 Å². The van der Waals surface area contributed by atoms with Crippen LogP contribution in [0.3, 0.4) is 0 Å². The first-order valence-corrected chi connectivity index (χ1v) is 7.85. The summed E-state index contributed by atoms with van der Waals surface area (Å²) in [6, 6.07) is 7.82. The fraction of sp³-hybridized carbons (Fsp3) is 0.588. The highest BCUT2D eigenvalue weighted by atomic mass is 16.5. The lowest BCUT2D eigenvalue weighted by Gasteiger charge is -2.37. The summed E-state index contributed by atoms with van der Waals surface area (Å²) in [6.45, 7) is 9.58. The Morgan fingerprint density at radius 3 is 2.05 bits per heavy atom. The van der Waals surface area contributed by atoms with E-state index < -0.39 is 6.10 Å². The Labute approximate surface area is 132 Å². The summed E-state index contributed by atoms with van der Waals surface area (Å²) in [5, 5.41) is 0. The summed E-state index contributed by atoms with van der Waals surface area (Å²) >= 11 is 0. The van der Waals surface area contributed by atoms with Gasteiger partial charge < -0.3 is 14.4 Å². The molecule has 1 atom stereocenters. The predicted molar refractivity (Wildman–Crippen MR) is 86.4 cm³/mol. The van der Waals surface area contributed by atoms with Gasteiger partial charge >= 0.3 is 0 Å². The molecule has 1 aromatic carbocycles. The highest BCUT2D eigenvalue weighted by Gasteiger charge is 2.26. The molecule has 1 unspecified atom stereocenters. The Balaban J connectivity index is 1.86. The lowest BCUT2D eigenvalue weighted by molar-refractivity contribution is -0.140. The minimum Gasteiger partial charge on any atom is -0.497 e. The molecule has 1 fully saturated rings. The van der Waals surface area contributed by atoms with Crippen molar-refractivity contribution in [3.8, 4) is 11.5 Å². The number of amides is 1. The molecule has 0 N–H and O–H groups in total. The van der Waals surface area contributed by atoms with E-state index >= 15 is 0 Å². The number of hydrogen-bond acceptors (Lipinski definition) is 4. The van der Waals surface area contributed by atoms with Crippen molar-refractivity contribution in [1.29, 1.82) is 0 Å². The van der Waals surface area contributed by atoms with Crippen molar-refractivity contribution in [2.45, 2.75) is 32.9 Å². The van der Waals surface area contributed by atoms with Crippen LogP contribution >= 0.6 is 0 Å². The second-order valence-corrected chi connectivity index (χ2v) is 5.89. The first kappa shape index (κ1) is 16.6. The van der Waals surface area contributed by atoms with Gasteiger partial charge in [-0.1, -0.05) is 0 Å². The van der Waals surface area contributed by atoms with Crippen LogP contribution in [0.4, 0.5) is 0 Å². The predicted octanol–water partition coefficient (Wildman–Crippen LogP) is 2.02. The Morgan fingerprint density at radius 2 is 1.55 bits per heavy atom. The van der Waals surface area contributed by atoms with Gasteiger partial charge in [0.05, 0.1) is 7.11 Å². The van der Waals surface area contributed by atoms with Gasteiger partial charge in [0.2, 0.25) is 0 Å². The highest BCUT2D eigenvalue weighted by molar-refractivity contribution is 5.81. The van der Waals surface area contributed by atoms with Crippen LogP contribution in [-0.4, -0.2) is 61.1 Å². The average molecular weight is 306 g/mol. The largest absolute Gasteiger partial charge is 0.497 e. The van der Waals surface area contributed by atoms with Gasteiger partial charge in [0.15, 0.2) is 6.10 Å². The standard InChI is InChI=1S/C17H26N2O3/c1-13(2)18-9-11-19(12-10-18)17(20)14(3)22-16-7-5-15(21-4)6-8-16/h5-8,13-14H,9-12H2,1-4H3. The van der Waals surface area contributed by atoms with E-state index in [1.54, 1.807) is 14.0 Å². The van der Waals surface area contributed by atoms with Gasteiger partial charge in [-0.15, -0.1) is 0 Å². The molecule has 0 saturated carbocycles. The number of carbonyl (C=O) groups is 1. The number of hydrogen-bond donors (Lipinski definition) is 0. The van der Waals surface area contributed by atoms with Gasteiger partial charge in [-0.2, -0.15) is 0 Å². The maximum atomic E-state index is 12.5. The summed E-state index contributed by atoms with van der Waals surface area (Å²) in [4.78, 5) is 16.7. The third-order valence-electron chi connectivity index (χ3n) is 4.08. The Hall–Kier alpha value is -1.75. The SMILES string of the molecule is COc1ccc(OC(C)C(=O)N2CCN(C(C)C)CC2)cc1. The third-order valence-corrected chi connectivity index (χ3v) is 4.08. The van der Waals surface area contributed by atoms with Crippen LogP contribution < -0.4 is 9.47 Å². The van der Waals surface area contributed by atoms with E-state index in [1.807, 2.05) is 29.2 Å².